The lowest BCUT2D eigenvalue weighted by Gasteiger charge is -2.33. The number of likely N-dealkylation sites (N-methyl/N-ethyl adjacent to an activating group) is 1. The van der Waals surface area contributed by atoms with Gasteiger partial charge in [0.25, 0.3) is 0 Å². The summed E-state index contributed by atoms with van der Waals surface area (Å²) in [4.78, 5) is 2.65. The molecule has 0 aromatic rings. The van der Waals surface area contributed by atoms with Gasteiger partial charge in [0.2, 0.25) is 0 Å². The molecule has 0 amide bonds. The second kappa shape index (κ2) is 5.50. The first kappa shape index (κ1) is 14.0. The summed E-state index contributed by atoms with van der Waals surface area (Å²) in [6.07, 6.45) is 4.06. The minimum atomic E-state index is 0.256. The minimum Gasteiger partial charge on any atom is -0.311 e. The molecule has 1 N–H and O–H groups in total. The highest BCUT2D eigenvalue weighted by atomic mass is 15.2. The van der Waals surface area contributed by atoms with Gasteiger partial charge in [-0.25, -0.2) is 0 Å². The largest absolute Gasteiger partial charge is 0.311 e. The van der Waals surface area contributed by atoms with Crippen molar-refractivity contribution in [3.05, 3.63) is 0 Å². The highest BCUT2D eigenvalue weighted by Gasteiger charge is 2.36. The first-order valence-corrected chi connectivity index (χ1v) is 6.94. The van der Waals surface area contributed by atoms with Crippen molar-refractivity contribution < 1.29 is 0 Å². The van der Waals surface area contributed by atoms with Crippen LogP contribution < -0.4 is 5.32 Å². The quantitative estimate of drug-likeness (QED) is 0.749. The zero-order valence-electron chi connectivity index (χ0n) is 11.9. The fourth-order valence-electron chi connectivity index (χ4n) is 3.08. The van der Waals surface area contributed by atoms with Gasteiger partial charge in [-0.2, -0.15) is 0 Å². The van der Waals surface area contributed by atoms with Crippen LogP contribution in [0, 0.1) is 5.41 Å². The molecule has 0 spiro atoms. The number of likely N-dealkylation sites (tertiary alicyclic amines) is 1. The van der Waals surface area contributed by atoms with E-state index in [1.807, 2.05) is 0 Å². The van der Waals surface area contributed by atoms with Gasteiger partial charge in [0, 0.05) is 18.6 Å². The first-order chi connectivity index (χ1) is 7.47. The molecule has 0 atom stereocenters. The van der Waals surface area contributed by atoms with Gasteiger partial charge >= 0.3 is 0 Å². The lowest BCUT2D eigenvalue weighted by molar-refractivity contribution is 0.198. The van der Waals surface area contributed by atoms with Crippen LogP contribution >= 0.6 is 0 Å². The molecule has 2 nitrogen and oxygen atoms in total. The molecule has 1 saturated heterocycles. The molecule has 0 saturated carbocycles. The smallest absolute Gasteiger partial charge is 0.0252 e. The van der Waals surface area contributed by atoms with Crippen LogP contribution in [0.4, 0.5) is 0 Å². The van der Waals surface area contributed by atoms with Crippen LogP contribution in [0.15, 0.2) is 0 Å². The third-order valence-electron chi connectivity index (χ3n) is 4.29. The van der Waals surface area contributed by atoms with E-state index in [0.717, 1.165) is 6.54 Å². The van der Waals surface area contributed by atoms with E-state index in [2.05, 4.69) is 44.8 Å². The van der Waals surface area contributed by atoms with Crippen molar-refractivity contribution in [3.8, 4) is 0 Å². The van der Waals surface area contributed by atoms with E-state index in [-0.39, 0.29) is 5.54 Å². The molecule has 1 fully saturated rings. The zero-order valence-corrected chi connectivity index (χ0v) is 11.9. The van der Waals surface area contributed by atoms with E-state index in [0.29, 0.717) is 5.41 Å². The lowest BCUT2D eigenvalue weighted by atomic mass is 9.82. The van der Waals surface area contributed by atoms with Gasteiger partial charge in [-0.15, -0.1) is 0 Å². The van der Waals surface area contributed by atoms with Gasteiger partial charge in [-0.1, -0.05) is 20.8 Å². The fourth-order valence-corrected chi connectivity index (χ4v) is 3.08. The van der Waals surface area contributed by atoms with E-state index in [4.69, 9.17) is 0 Å². The Kier molecular flexibility index (Phi) is 4.81. The second-order valence-corrected chi connectivity index (χ2v) is 6.08. The summed E-state index contributed by atoms with van der Waals surface area (Å²) in [7, 11) is 0. The monoisotopic (exact) mass is 226 g/mol. The van der Waals surface area contributed by atoms with Crippen LogP contribution in [-0.2, 0) is 0 Å². The van der Waals surface area contributed by atoms with Gasteiger partial charge in [-0.3, -0.25) is 0 Å². The fraction of sp³-hybridized carbons (Fsp3) is 1.00. The maximum atomic E-state index is 3.57. The van der Waals surface area contributed by atoms with Crippen LogP contribution in [0.1, 0.15) is 53.9 Å². The Balaban J connectivity index is 2.47. The Hall–Kier alpha value is -0.0800. The van der Waals surface area contributed by atoms with Crippen LogP contribution in [0.25, 0.3) is 0 Å². The molecule has 2 heteroatoms. The van der Waals surface area contributed by atoms with E-state index in [1.165, 1.54) is 38.9 Å². The average molecular weight is 226 g/mol. The third kappa shape index (κ3) is 3.46. The Morgan fingerprint density at radius 3 is 2.25 bits per heavy atom. The topological polar surface area (TPSA) is 15.3 Å². The van der Waals surface area contributed by atoms with Crippen molar-refractivity contribution in [2.75, 3.05) is 26.2 Å². The van der Waals surface area contributed by atoms with Gasteiger partial charge < -0.3 is 10.2 Å². The van der Waals surface area contributed by atoms with E-state index >= 15 is 0 Å². The summed E-state index contributed by atoms with van der Waals surface area (Å²) in [6.45, 7) is 16.4. The van der Waals surface area contributed by atoms with Crippen LogP contribution in [-0.4, -0.2) is 36.6 Å². The summed E-state index contributed by atoms with van der Waals surface area (Å²) in [5.74, 6) is 0. The normalized spacial score (nSPS) is 21.6. The predicted molar refractivity (Wildman–Crippen MR) is 71.8 cm³/mol. The van der Waals surface area contributed by atoms with Crippen molar-refractivity contribution in [2.45, 2.75) is 59.4 Å². The molecule has 16 heavy (non-hydrogen) atoms. The Morgan fingerprint density at radius 1 is 1.19 bits per heavy atom. The molecular weight excluding hydrogens is 196 g/mol. The molecule has 1 aliphatic rings. The average Bonchev–Trinajstić information content (AvgIpc) is 2.61. The molecule has 1 rings (SSSR count). The van der Waals surface area contributed by atoms with Gasteiger partial charge in [0.1, 0.15) is 0 Å². The molecule has 0 aromatic heterocycles. The van der Waals surface area contributed by atoms with Crippen molar-refractivity contribution in [1.82, 2.24) is 10.2 Å². The predicted octanol–water partition coefficient (Wildman–Crippen LogP) is 2.89. The molecule has 0 bridgehead atoms. The van der Waals surface area contributed by atoms with Gasteiger partial charge in [0.05, 0.1) is 0 Å². The van der Waals surface area contributed by atoms with Crippen LogP contribution in [0.3, 0.4) is 0 Å². The summed E-state index contributed by atoms with van der Waals surface area (Å²) in [5, 5.41) is 3.57. The highest BCUT2D eigenvalue weighted by Crippen LogP contribution is 2.37. The van der Waals surface area contributed by atoms with Crippen molar-refractivity contribution in [1.29, 1.82) is 0 Å². The number of rotatable bonds is 6. The van der Waals surface area contributed by atoms with Crippen molar-refractivity contribution >= 4 is 0 Å². The maximum Gasteiger partial charge on any atom is 0.0252 e. The number of nitrogens with zero attached hydrogens (tertiary/aromatic N) is 1. The molecular formula is C14H30N2. The SMILES string of the molecule is CCNC(C)(C)CN1CCC(CC)(CC)C1. The van der Waals surface area contributed by atoms with Gasteiger partial charge in [-0.05, 0) is 51.6 Å². The summed E-state index contributed by atoms with van der Waals surface area (Å²) >= 11 is 0. The van der Waals surface area contributed by atoms with Crippen molar-refractivity contribution in [3.63, 3.8) is 0 Å². The minimum absolute atomic E-state index is 0.256. The van der Waals surface area contributed by atoms with Crippen LogP contribution in [0.2, 0.25) is 0 Å². The maximum absolute atomic E-state index is 3.57. The Bertz CT molecular complexity index is 207. The van der Waals surface area contributed by atoms with Gasteiger partial charge in [0.15, 0.2) is 0 Å². The van der Waals surface area contributed by atoms with Crippen molar-refractivity contribution in [2.24, 2.45) is 5.41 Å². The van der Waals surface area contributed by atoms with Crippen LogP contribution in [0.5, 0.6) is 0 Å². The second-order valence-electron chi connectivity index (χ2n) is 6.08. The molecule has 0 radical (unpaired) electrons. The summed E-state index contributed by atoms with van der Waals surface area (Å²) in [6, 6.07) is 0. The third-order valence-corrected chi connectivity index (χ3v) is 4.29. The number of nitrogens with one attached hydrogen (secondary N) is 1. The Morgan fingerprint density at radius 2 is 1.81 bits per heavy atom. The lowest BCUT2D eigenvalue weighted by Crippen LogP contribution is -2.48. The molecule has 1 heterocycles. The van der Waals surface area contributed by atoms with E-state index in [9.17, 15) is 0 Å². The first-order valence-electron chi connectivity index (χ1n) is 6.94. The number of hydrogen-bond acceptors (Lipinski definition) is 2. The van der Waals surface area contributed by atoms with E-state index < -0.39 is 0 Å². The molecule has 0 aliphatic carbocycles. The molecule has 0 unspecified atom stereocenters. The summed E-state index contributed by atoms with van der Waals surface area (Å²) in [5.41, 5.74) is 0.870. The molecule has 0 aromatic carbocycles. The molecule has 96 valence electrons. The standard InChI is InChI=1S/C14H30N2/c1-6-14(7-2)9-10-16(12-14)11-13(4,5)15-8-3/h15H,6-12H2,1-5H3. The highest BCUT2D eigenvalue weighted by molar-refractivity contribution is 4.91. The van der Waals surface area contributed by atoms with E-state index in [1.54, 1.807) is 0 Å². The molecule has 1 aliphatic heterocycles. The zero-order chi connectivity index (χ0) is 12.2. The summed E-state index contributed by atoms with van der Waals surface area (Å²) < 4.78 is 0. The number of hydrogen-bond donors (Lipinski definition) is 1. The Labute approximate surface area is 102 Å².